The van der Waals surface area contributed by atoms with Crippen molar-refractivity contribution in [3.8, 4) is 0 Å². The highest BCUT2D eigenvalue weighted by atomic mass is 16.6. The Kier molecular flexibility index (Phi) is 8.46. The molecule has 132 valence electrons. The number of nitro groups is 1. The number of primary amides is 1. The molecule has 1 aromatic rings. The molecular formula is C17H25N3O4. The van der Waals surface area contributed by atoms with Crippen LogP contribution in [0, 0.1) is 10.1 Å². The number of non-ortho nitro benzene ring substituents is 1. The van der Waals surface area contributed by atoms with Crippen molar-refractivity contribution >= 4 is 17.5 Å². The van der Waals surface area contributed by atoms with E-state index in [2.05, 4.69) is 12.2 Å². The third-order valence-electron chi connectivity index (χ3n) is 3.81. The number of carbonyl (C=O) groups excluding carboxylic acids is 2. The molecule has 0 aliphatic heterocycles. The highest BCUT2D eigenvalue weighted by Gasteiger charge is 2.19. The van der Waals surface area contributed by atoms with Gasteiger partial charge in [0.2, 0.25) is 5.91 Å². The van der Waals surface area contributed by atoms with E-state index < -0.39 is 22.8 Å². The minimum Gasteiger partial charge on any atom is -0.368 e. The summed E-state index contributed by atoms with van der Waals surface area (Å²) >= 11 is 0. The molecule has 0 unspecified atom stereocenters. The van der Waals surface area contributed by atoms with Gasteiger partial charge in [0.1, 0.15) is 6.04 Å². The van der Waals surface area contributed by atoms with E-state index in [-0.39, 0.29) is 11.3 Å². The molecule has 0 heterocycles. The van der Waals surface area contributed by atoms with Crippen LogP contribution >= 0.6 is 0 Å². The Hall–Kier alpha value is -2.44. The molecule has 7 nitrogen and oxygen atoms in total. The number of nitrogens with zero attached hydrogens (tertiary/aromatic N) is 1. The molecule has 2 amide bonds. The van der Waals surface area contributed by atoms with Gasteiger partial charge < -0.3 is 11.1 Å². The molecule has 0 aromatic heterocycles. The predicted molar refractivity (Wildman–Crippen MR) is 91.5 cm³/mol. The molecule has 1 rings (SSSR count). The monoisotopic (exact) mass is 335 g/mol. The van der Waals surface area contributed by atoms with Crippen LogP contribution in [0.2, 0.25) is 0 Å². The van der Waals surface area contributed by atoms with Gasteiger partial charge in [0.25, 0.3) is 11.6 Å². The number of nitrogens with one attached hydrogen (secondary N) is 1. The average Bonchev–Trinajstić information content (AvgIpc) is 2.56. The summed E-state index contributed by atoms with van der Waals surface area (Å²) in [5.74, 6) is -1.13. The molecule has 1 atom stereocenters. The highest BCUT2D eigenvalue weighted by Crippen LogP contribution is 2.14. The van der Waals surface area contributed by atoms with Gasteiger partial charge in [0, 0.05) is 17.7 Å². The Balaban J connectivity index is 2.55. The van der Waals surface area contributed by atoms with Gasteiger partial charge in [-0.25, -0.2) is 0 Å². The van der Waals surface area contributed by atoms with Crippen molar-refractivity contribution in [2.24, 2.45) is 5.73 Å². The first-order chi connectivity index (χ1) is 11.5. The number of amides is 2. The summed E-state index contributed by atoms with van der Waals surface area (Å²) in [6.07, 6.45) is 6.88. The quantitative estimate of drug-likeness (QED) is 0.367. The lowest BCUT2D eigenvalue weighted by molar-refractivity contribution is -0.384. The normalized spacial score (nSPS) is 11.7. The Bertz CT molecular complexity index is 575. The number of nitro benzene ring substituents is 1. The third-order valence-corrected chi connectivity index (χ3v) is 3.81. The van der Waals surface area contributed by atoms with Gasteiger partial charge in [-0.05, 0) is 12.5 Å². The lowest BCUT2D eigenvalue weighted by atomic mass is 10.0. The highest BCUT2D eigenvalue weighted by molar-refractivity contribution is 5.97. The molecule has 0 radical (unpaired) electrons. The third kappa shape index (κ3) is 6.76. The van der Waals surface area contributed by atoms with Crippen LogP contribution in [-0.2, 0) is 4.79 Å². The van der Waals surface area contributed by atoms with Gasteiger partial charge in [-0.2, -0.15) is 0 Å². The second kappa shape index (κ2) is 10.4. The van der Waals surface area contributed by atoms with E-state index >= 15 is 0 Å². The smallest absolute Gasteiger partial charge is 0.270 e. The molecule has 3 N–H and O–H groups in total. The van der Waals surface area contributed by atoms with Crippen LogP contribution < -0.4 is 11.1 Å². The summed E-state index contributed by atoms with van der Waals surface area (Å²) in [5.41, 5.74) is 5.31. The van der Waals surface area contributed by atoms with Gasteiger partial charge >= 0.3 is 0 Å². The maximum Gasteiger partial charge on any atom is 0.270 e. The van der Waals surface area contributed by atoms with Crippen LogP contribution in [0.25, 0.3) is 0 Å². The molecule has 0 fully saturated rings. The summed E-state index contributed by atoms with van der Waals surface area (Å²) in [6.45, 7) is 2.15. The van der Waals surface area contributed by atoms with Crippen molar-refractivity contribution in [2.45, 2.75) is 57.9 Å². The molecule has 24 heavy (non-hydrogen) atoms. The number of nitrogens with two attached hydrogens (primary N) is 1. The van der Waals surface area contributed by atoms with Crippen molar-refractivity contribution in [2.75, 3.05) is 0 Å². The first-order valence-electron chi connectivity index (χ1n) is 8.30. The number of rotatable bonds is 11. The van der Waals surface area contributed by atoms with Crippen LogP contribution in [0.1, 0.15) is 62.2 Å². The number of carbonyl (C=O) groups is 2. The summed E-state index contributed by atoms with van der Waals surface area (Å²) in [6, 6.07) is 4.62. The van der Waals surface area contributed by atoms with E-state index in [0.717, 1.165) is 25.7 Å². The largest absolute Gasteiger partial charge is 0.368 e. The average molecular weight is 335 g/mol. The lowest BCUT2D eigenvalue weighted by Gasteiger charge is -2.15. The first kappa shape index (κ1) is 19.6. The topological polar surface area (TPSA) is 115 Å². The number of hydrogen-bond acceptors (Lipinski definition) is 4. The summed E-state index contributed by atoms with van der Waals surface area (Å²) in [4.78, 5) is 33.9. The van der Waals surface area contributed by atoms with Crippen molar-refractivity contribution in [1.82, 2.24) is 5.32 Å². The van der Waals surface area contributed by atoms with Gasteiger partial charge in [-0.15, -0.1) is 0 Å². The fraction of sp³-hybridized carbons (Fsp3) is 0.529. The Morgan fingerprint density at radius 1 is 1.21 bits per heavy atom. The maximum absolute atomic E-state index is 12.2. The van der Waals surface area contributed by atoms with Crippen molar-refractivity contribution in [3.63, 3.8) is 0 Å². The fourth-order valence-electron chi connectivity index (χ4n) is 2.42. The van der Waals surface area contributed by atoms with E-state index in [4.69, 9.17) is 5.73 Å². The van der Waals surface area contributed by atoms with Gasteiger partial charge in [0.05, 0.1) is 4.92 Å². The number of unbranched alkanes of at least 4 members (excludes halogenated alkanes) is 5. The SMILES string of the molecule is CCCCCCCC[C@@H](NC(=O)c1cccc([N+](=O)[O-])c1)C(N)=O. The second-order valence-electron chi connectivity index (χ2n) is 5.79. The number of hydrogen-bond donors (Lipinski definition) is 2. The van der Waals surface area contributed by atoms with Crippen molar-refractivity contribution in [1.29, 1.82) is 0 Å². The molecule has 7 heteroatoms. The minimum atomic E-state index is -0.761. The molecule has 0 spiro atoms. The van der Waals surface area contributed by atoms with Gasteiger partial charge in [-0.1, -0.05) is 51.5 Å². The Morgan fingerprint density at radius 3 is 2.50 bits per heavy atom. The van der Waals surface area contributed by atoms with Crippen molar-refractivity contribution in [3.05, 3.63) is 39.9 Å². The van der Waals surface area contributed by atoms with Crippen LogP contribution in [0.15, 0.2) is 24.3 Å². The molecule has 1 aromatic carbocycles. The van der Waals surface area contributed by atoms with Crippen LogP contribution in [0.5, 0.6) is 0 Å². The van der Waals surface area contributed by atoms with E-state index in [0.29, 0.717) is 6.42 Å². The molecule has 0 bridgehead atoms. The predicted octanol–water partition coefficient (Wildman–Crippen LogP) is 2.93. The van der Waals surface area contributed by atoms with Crippen LogP contribution in [0.4, 0.5) is 5.69 Å². The lowest BCUT2D eigenvalue weighted by Crippen LogP contribution is -2.44. The molecule has 0 aliphatic rings. The molecular weight excluding hydrogens is 310 g/mol. The zero-order valence-electron chi connectivity index (χ0n) is 14.0. The standard InChI is InChI=1S/C17H25N3O4/c1-2-3-4-5-6-7-11-15(16(18)21)19-17(22)13-9-8-10-14(12-13)20(23)24/h8-10,12,15H,2-7,11H2,1H3,(H2,18,21)(H,19,22)/t15-/m1/s1. The minimum absolute atomic E-state index is 0.137. The Morgan fingerprint density at radius 2 is 1.88 bits per heavy atom. The van der Waals surface area contributed by atoms with Crippen LogP contribution in [0.3, 0.4) is 0 Å². The van der Waals surface area contributed by atoms with E-state index in [1.807, 2.05) is 0 Å². The molecule has 0 saturated carbocycles. The zero-order valence-corrected chi connectivity index (χ0v) is 14.0. The molecule has 0 saturated heterocycles. The first-order valence-corrected chi connectivity index (χ1v) is 8.30. The van der Waals surface area contributed by atoms with Crippen LogP contribution in [-0.4, -0.2) is 22.8 Å². The van der Waals surface area contributed by atoms with E-state index in [9.17, 15) is 19.7 Å². The number of benzene rings is 1. The maximum atomic E-state index is 12.2. The van der Waals surface area contributed by atoms with Gasteiger partial charge in [-0.3, -0.25) is 19.7 Å². The van der Waals surface area contributed by atoms with Gasteiger partial charge in [0.15, 0.2) is 0 Å². The summed E-state index contributed by atoms with van der Waals surface area (Å²) in [5, 5.41) is 13.3. The zero-order chi connectivity index (χ0) is 17.9. The van der Waals surface area contributed by atoms with E-state index in [1.165, 1.54) is 37.1 Å². The summed E-state index contributed by atoms with van der Waals surface area (Å²) in [7, 11) is 0. The second-order valence-corrected chi connectivity index (χ2v) is 5.79. The fourth-order valence-corrected chi connectivity index (χ4v) is 2.42. The summed E-state index contributed by atoms with van der Waals surface area (Å²) < 4.78 is 0. The van der Waals surface area contributed by atoms with Crippen molar-refractivity contribution < 1.29 is 14.5 Å². The molecule has 0 aliphatic carbocycles. The Labute approximate surface area is 141 Å². The van der Waals surface area contributed by atoms with E-state index in [1.54, 1.807) is 0 Å².